The van der Waals surface area contributed by atoms with Gasteiger partial charge in [-0.25, -0.2) is 0 Å². The fraction of sp³-hybridized carbons (Fsp3) is 0.364. The number of hydrogen-bond acceptors (Lipinski definition) is 4. The summed E-state index contributed by atoms with van der Waals surface area (Å²) in [7, 11) is 1.57. The standard InChI is InChI=1S/C11H12ClNO3/c1-15-11-3-2-7(4-9(11)12)10-5-8(6-14)16-13-10/h2-4,8,14H,5-6H2,1H3. The third-order valence-corrected chi connectivity index (χ3v) is 2.72. The predicted octanol–water partition coefficient (Wildman–Crippen LogP) is 1.83. The molecule has 0 radical (unpaired) electrons. The third kappa shape index (κ3) is 2.13. The first-order valence-electron chi connectivity index (χ1n) is 4.92. The zero-order chi connectivity index (χ0) is 11.5. The van der Waals surface area contributed by atoms with Gasteiger partial charge < -0.3 is 14.7 Å². The van der Waals surface area contributed by atoms with Crippen LogP contribution >= 0.6 is 11.6 Å². The SMILES string of the molecule is COc1ccc(C2=NOC(CO)C2)cc1Cl. The molecule has 0 fully saturated rings. The van der Waals surface area contributed by atoms with Crippen molar-refractivity contribution in [2.45, 2.75) is 12.5 Å². The van der Waals surface area contributed by atoms with Crippen molar-refractivity contribution in [1.29, 1.82) is 0 Å². The topological polar surface area (TPSA) is 51.0 Å². The van der Waals surface area contributed by atoms with Gasteiger partial charge in [0.05, 0.1) is 24.5 Å². The molecule has 4 nitrogen and oxygen atoms in total. The first-order valence-corrected chi connectivity index (χ1v) is 5.30. The van der Waals surface area contributed by atoms with E-state index >= 15 is 0 Å². The van der Waals surface area contributed by atoms with Crippen LogP contribution in [0.15, 0.2) is 23.4 Å². The van der Waals surface area contributed by atoms with Crippen molar-refractivity contribution in [3.63, 3.8) is 0 Å². The van der Waals surface area contributed by atoms with Gasteiger partial charge in [0.25, 0.3) is 0 Å². The summed E-state index contributed by atoms with van der Waals surface area (Å²) in [6.45, 7) is -0.0309. The second kappa shape index (κ2) is 4.72. The molecule has 16 heavy (non-hydrogen) atoms. The summed E-state index contributed by atoms with van der Waals surface area (Å²) in [5.74, 6) is 0.628. The summed E-state index contributed by atoms with van der Waals surface area (Å²) < 4.78 is 5.06. The number of oxime groups is 1. The summed E-state index contributed by atoms with van der Waals surface area (Å²) in [5.41, 5.74) is 1.69. The fourth-order valence-corrected chi connectivity index (χ4v) is 1.80. The van der Waals surface area contributed by atoms with E-state index in [9.17, 15) is 0 Å². The molecule has 0 amide bonds. The van der Waals surface area contributed by atoms with Crippen LogP contribution in [0.25, 0.3) is 0 Å². The molecule has 5 heteroatoms. The van der Waals surface area contributed by atoms with Crippen LogP contribution in [0.4, 0.5) is 0 Å². The molecule has 1 aromatic rings. The van der Waals surface area contributed by atoms with E-state index < -0.39 is 0 Å². The number of hydrogen-bond donors (Lipinski definition) is 1. The van der Waals surface area contributed by atoms with Crippen LogP contribution in [0.5, 0.6) is 5.75 Å². The van der Waals surface area contributed by atoms with E-state index in [0.717, 1.165) is 11.3 Å². The number of aliphatic hydroxyl groups is 1. The molecule has 0 saturated carbocycles. The summed E-state index contributed by atoms with van der Waals surface area (Å²) in [6.07, 6.45) is 0.356. The Hall–Kier alpha value is -1.26. The Balaban J connectivity index is 2.20. The molecule has 0 aliphatic carbocycles. The zero-order valence-electron chi connectivity index (χ0n) is 8.81. The van der Waals surface area contributed by atoms with E-state index in [1.165, 1.54) is 0 Å². The number of rotatable bonds is 3. The van der Waals surface area contributed by atoms with E-state index in [-0.39, 0.29) is 12.7 Å². The van der Waals surface area contributed by atoms with E-state index in [1.807, 2.05) is 6.07 Å². The van der Waals surface area contributed by atoms with Gasteiger partial charge in [0.2, 0.25) is 0 Å². The van der Waals surface area contributed by atoms with E-state index in [2.05, 4.69) is 5.16 Å². The second-order valence-electron chi connectivity index (χ2n) is 3.50. The van der Waals surface area contributed by atoms with Crippen molar-refractivity contribution < 1.29 is 14.7 Å². The lowest BCUT2D eigenvalue weighted by molar-refractivity contribution is 0.0390. The van der Waals surface area contributed by atoms with Gasteiger partial charge >= 0.3 is 0 Å². The first-order chi connectivity index (χ1) is 7.74. The van der Waals surface area contributed by atoms with E-state index in [4.69, 9.17) is 26.3 Å². The smallest absolute Gasteiger partial charge is 0.156 e. The lowest BCUT2D eigenvalue weighted by atomic mass is 10.1. The Morgan fingerprint density at radius 3 is 3.00 bits per heavy atom. The highest BCUT2D eigenvalue weighted by Crippen LogP contribution is 2.27. The molecule has 86 valence electrons. The summed E-state index contributed by atoms with van der Waals surface area (Å²) in [6, 6.07) is 5.43. The van der Waals surface area contributed by atoms with Crippen molar-refractivity contribution in [2.75, 3.05) is 13.7 Å². The average Bonchev–Trinajstić information content (AvgIpc) is 2.77. The van der Waals surface area contributed by atoms with Crippen LogP contribution in [0.1, 0.15) is 12.0 Å². The minimum Gasteiger partial charge on any atom is -0.495 e. The Morgan fingerprint density at radius 2 is 2.44 bits per heavy atom. The molecule has 1 N–H and O–H groups in total. The highest BCUT2D eigenvalue weighted by Gasteiger charge is 2.21. The normalized spacial score (nSPS) is 19.2. The van der Waals surface area contributed by atoms with Gasteiger partial charge in [0.1, 0.15) is 5.75 Å². The molecular formula is C11H12ClNO3. The van der Waals surface area contributed by atoms with Gasteiger partial charge in [-0.1, -0.05) is 16.8 Å². The number of methoxy groups -OCH3 is 1. The maximum absolute atomic E-state index is 8.92. The molecule has 0 bridgehead atoms. The van der Waals surface area contributed by atoms with Crippen LogP contribution in [0.2, 0.25) is 5.02 Å². The largest absolute Gasteiger partial charge is 0.495 e. The predicted molar refractivity (Wildman–Crippen MR) is 61.1 cm³/mol. The number of ether oxygens (including phenoxy) is 1. The Morgan fingerprint density at radius 1 is 1.62 bits per heavy atom. The van der Waals surface area contributed by atoms with Crippen LogP contribution in [0, 0.1) is 0 Å². The Bertz CT molecular complexity index is 420. The van der Waals surface area contributed by atoms with Crippen molar-refractivity contribution in [1.82, 2.24) is 0 Å². The maximum atomic E-state index is 8.92. The molecule has 1 aliphatic rings. The van der Waals surface area contributed by atoms with Gasteiger partial charge in [-0.05, 0) is 18.2 Å². The molecule has 0 aromatic heterocycles. The molecular weight excluding hydrogens is 230 g/mol. The van der Waals surface area contributed by atoms with E-state index in [1.54, 1.807) is 19.2 Å². The van der Waals surface area contributed by atoms with E-state index in [0.29, 0.717) is 17.2 Å². The Labute approximate surface area is 98.4 Å². The minimum absolute atomic E-state index is 0.0309. The number of nitrogens with zero attached hydrogens (tertiary/aromatic N) is 1. The summed E-state index contributed by atoms with van der Waals surface area (Å²) >= 11 is 6.01. The molecule has 1 heterocycles. The fourth-order valence-electron chi connectivity index (χ4n) is 1.54. The van der Waals surface area contributed by atoms with Crippen LogP contribution < -0.4 is 4.74 Å². The minimum atomic E-state index is -0.240. The molecule has 1 aromatic carbocycles. The van der Waals surface area contributed by atoms with Crippen LogP contribution in [-0.2, 0) is 4.84 Å². The van der Waals surface area contributed by atoms with Gasteiger partial charge in [-0.15, -0.1) is 0 Å². The van der Waals surface area contributed by atoms with Crippen molar-refractivity contribution >= 4 is 17.3 Å². The van der Waals surface area contributed by atoms with Gasteiger partial charge in [0, 0.05) is 12.0 Å². The Kier molecular flexibility index (Phi) is 3.31. The van der Waals surface area contributed by atoms with Crippen molar-refractivity contribution in [2.24, 2.45) is 5.16 Å². The molecule has 2 rings (SSSR count). The van der Waals surface area contributed by atoms with Crippen molar-refractivity contribution in [3.8, 4) is 5.75 Å². The first kappa shape index (κ1) is 11.2. The van der Waals surface area contributed by atoms with Crippen LogP contribution in [0.3, 0.4) is 0 Å². The quantitative estimate of drug-likeness (QED) is 0.879. The highest BCUT2D eigenvalue weighted by atomic mass is 35.5. The zero-order valence-corrected chi connectivity index (χ0v) is 9.57. The molecule has 1 aliphatic heterocycles. The lowest BCUT2D eigenvalue weighted by Gasteiger charge is -2.05. The molecule has 1 unspecified atom stereocenters. The third-order valence-electron chi connectivity index (χ3n) is 2.42. The number of aliphatic hydroxyl groups excluding tert-OH is 1. The average molecular weight is 242 g/mol. The molecule has 1 atom stereocenters. The number of benzene rings is 1. The number of halogens is 1. The summed E-state index contributed by atoms with van der Waals surface area (Å²) in [4.78, 5) is 5.03. The lowest BCUT2D eigenvalue weighted by Crippen LogP contribution is -2.12. The van der Waals surface area contributed by atoms with Gasteiger partial charge in [0.15, 0.2) is 6.10 Å². The monoisotopic (exact) mass is 241 g/mol. The van der Waals surface area contributed by atoms with Crippen LogP contribution in [-0.4, -0.2) is 30.6 Å². The summed E-state index contributed by atoms with van der Waals surface area (Å²) in [5, 5.41) is 13.4. The van der Waals surface area contributed by atoms with Gasteiger partial charge in [-0.2, -0.15) is 0 Å². The molecule has 0 saturated heterocycles. The van der Waals surface area contributed by atoms with Crippen molar-refractivity contribution in [3.05, 3.63) is 28.8 Å². The molecule has 0 spiro atoms. The highest BCUT2D eigenvalue weighted by molar-refractivity contribution is 6.32. The second-order valence-corrected chi connectivity index (χ2v) is 3.91. The van der Waals surface area contributed by atoms with Gasteiger partial charge in [-0.3, -0.25) is 0 Å². The maximum Gasteiger partial charge on any atom is 0.156 e.